The number of aldehydes is 1. The number of pyridine rings is 1. The third-order valence-electron chi connectivity index (χ3n) is 7.32. The number of anilines is 1. The molecule has 1 fully saturated rings. The Morgan fingerprint density at radius 3 is 2.62 bits per heavy atom. The number of carbonyl (C=O) groups is 1. The lowest BCUT2D eigenvalue weighted by atomic mass is 9.76. The van der Waals surface area contributed by atoms with E-state index in [-0.39, 0.29) is 0 Å². The number of fused-ring (bicyclic) bond motifs is 3. The van der Waals surface area contributed by atoms with E-state index in [4.69, 9.17) is 5.10 Å². The van der Waals surface area contributed by atoms with Crippen molar-refractivity contribution in [2.45, 2.75) is 64.8 Å². The molecule has 178 valence electrons. The van der Waals surface area contributed by atoms with Gasteiger partial charge in [0.1, 0.15) is 5.69 Å². The maximum Gasteiger partial charge on any atom is 0.168 e. The van der Waals surface area contributed by atoms with Crippen molar-refractivity contribution in [2.24, 2.45) is 16.9 Å². The SMILES string of the molecule is CCCNC.Cc1cc(N2N=C3c4ccc(C=O)nc4CCC3C2C2CCCC2)ccc1C#N. The van der Waals surface area contributed by atoms with Crippen molar-refractivity contribution in [3.63, 3.8) is 0 Å². The van der Waals surface area contributed by atoms with Gasteiger partial charge in [-0.25, -0.2) is 4.98 Å². The number of aryl methyl sites for hydroxylation is 2. The molecule has 1 N–H and O–H groups in total. The molecular weight excluding hydrogens is 422 g/mol. The first-order chi connectivity index (χ1) is 16.6. The molecule has 1 aromatic carbocycles. The molecule has 3 aliphatic rings. The summed E-state index contributed by atoms with van der Waals surface area (Å²) >= 11 is 0. The number of carbonyl (C=O) groups excluding carboxylic acids is 1. The Balaban J connectivity index is 0.000000499. The fraction of sp³-hybridized carbons (Fsp3) is 0.500. The molecule has 1 aromatic heterocycles. The zero-order valence-corrected chi connectivity index (χ0v) is 20.6. The molecule has 1 aliphatic heterocycles. The summed E-state index contributed by atoms with van der Waals surface area (Å²) in [7, 11) is 1.96. The highest BCUT2D eigenvalue weighted by Gasteiger charge is 2.45. The van der Waals surface area contributed by atoms with Gasteiger partial charge >= 0.3 is 0 Å². The average Bonchev–Trinajstić information content (AvgIpc) is 3.52. The molecule has 2 aliphatic carbocycles. The molecule has 0 saturated heterocycles. The Morgan fingerprint density at radius 1 is 1.21 bits per heavy atom. The van der Waals surface area contributed by atoms with E-state index in [0.717, 1.165) is 53.9 Å². The summed E-state index contributed by atoms with van der Waals surface area (Å²) in [6.07, 6.45) is 9.06. The lowest BCUT2D eigenvalue weighted by Gasteiger charge is -2.34. The number of aromatic nitrogens is 1. The molecule has 34 heavy (non-hydrogen) atoms. The summed E-state index contributed by atoms with van der Waals surface area (Å²) in [6.45, 7) is 5.28. The lowest BCUT2D eigenvalue weighted by Crippen LogP contribution is -2.40. The Bertz CT molecular complexity index is 1090. The Kier molecular flexibility index (Phi) is 7.74. The molecule has 0 spiro atoms. The molecule has 0 amide bonds. The highest BCUT2D eigenvalue weighted by atomic mass is 16.1. The Labute approximate surface area is 203 Å². The Morgan fingerprint density at radius 2 is 2.00 bits per heavy atom. The molecule has 0 bridgehead atoms. The van der Waals surface area contributed by atoms with Gasteiger partial charge in [-0.3, -0.25) is 9.80 Å². The highest BCUT2D eigenvalue weighted by molar-refractivity contribution is 6.06. The molecule has 5 rings (SSSR count). The molecule has 0 radical (unpaired) electrons. The molecule has 2 atom stereocenters. The van der Waals surface area contributed by atoms with Crippen molar-refractivity contribution in [3.8, 4) is 6.07 Å². The van der Waals surface area contributed by atoms with Crippen LogP contribution in [0.2, 0.25) is 0 Å². The van der Waals surface area contributed by atoms with Crippen LogP contribution in [0.1, 0.15) is 78.3 Å². The van der Waals surface area contributed by atoms with E-state index in [9.17, 15) is 10.1 Å². The van der Waals surface area contributed by atoms with Crippen LogP contribution in [0.25, 0.3) is 0 Å². The van der Waals surface area contributed by atoms with Gasteiger partial charge in [-0.05, 0) is 94.4 Å². The minimum Gasteiger partial charge on any atom is -0.320 e. The first-order valence-electron chi connectivity index (χ1n) is 12.6. The fourth-order valence-corrected chi connectivity index (χ4v) is 5.67. The summed E-state index contributed by atoms with van der Waals surface area (Å²) in [6, 6.07) is 12.5. The van der Waals surface area contributed by atoms with E-state index in [2.05, 4.69) is 34.4 Å². The topological polar surface area (TPSA) is 81.4 Å². The molecule has 2 heterocycles. The van der Waals surface area contributed by atoms with Crippen LogP contribution in [0.15, 0.2) is 35.4 Å². The van der Waals surface area contributed by atoms with Crippen LogP contribution in [0.5, 0.6) is 0 Å². The number of benzene rings is 1. The molecule has 6 heteroatoms. The largest absolute Gasteiger partial charge is 0.320 e. The predicted molar refractivity (Wildman–Crippen MR) is 136 cm³/mol. The zero-order valence-electron chi connectivity index (χ0n) is 20.6. The number of hydrazone groups is 1. The van der Waals surface area contributed by atoms with Crippen molar-refractivity contribution >= 4 is 17.7 Å². The number of nitrogens with zero attached hydrogens (tertiary/aromatic N) is 4. The van der Waals surface area contributed by atoms with Gasteiger partial charge in [0, 0.05) is 11.5 Å². The van der Waals surface area contributed by atoms with Crippen LogP contribution in [0, 0.1) is 30.1 Å². The van der Waals surface area contributed by atoms with Gasteiger partial charge in [-0.2, -0.15) is 10.4 Å². The quantitative estimate of drug-likeness (QED) is 0.637. The Hall–Kier alpha value is -3.04. The summed E-state index contributed by atoms with van der Waals surface area (Å²) in [5.74, 6) is 1.03. The van der Waals surface area contributed by atoms with Gasteiger partial charge in [0.25, 0.3) is 0 Å². The van der Waals surface area contributed by atoms with Crippen molar-refractivity contribution in [3.05, 3.63) is 58.4 Å². The molecule has 1 saturated carbocycles. The van der Waals surface area contributed by atoms with Gasteiger partial charge in [0.2, 0.25) is 0 Å². The van der Waals surface area contributed by atoms with Gasteiger partial charge in [0.05, 0.1) is 34.8 Å². The van der Waals surface area contributed by atoms with Crippen LogP contribution in [-0.4, -0.2) is 36.6 Å². The van der Waals surface area contributed by atoms with Gasteiger partial charge in [-0.1, -0.05) is 19.8 Å². The normalized spacial score (nSPS) is 21.1. The maximum atomic E-state index is 11.1. The van der Waals surface area contributed by atoms with E-state index in [1.54, 1.807) is 6.07 Å². The van der Waals surface area contributed by atoms with E-state index in [1.807, 2.05) is 32.2 Å². The molecule has 6 nitrogen and oxygen atoms in total. The van der Waals surface area contributed by atoms with Crippen molar-refractivity contribution in [2.75, 3.05) is 18.6 Å². The zero-order chi connectivity index (χ0) is 24.1. The van der Waals surface area contributed by atoms with E-state index >= 15 is 0 Å². The monoisotopic (exact) mass is 457 g/mol. The summed E-state index contributed by atoms with van der Waals surface area (Å²) in [5.41, 5.74) is 6.48. The van der Waals surface area contributed by atoms with Crippen molar-refractivity contribution in [1.82, 2.24) is 10.3 Å². The van der Waals surface area contributed by atoms with Crippen molar-refractivity contribution in [1.29, 1.82) is 5.26 Å². The van der Waals surface area contributed by atoms with E-state index in [0.29, 0.717) is 29.1 Å². The number of rotatable bonds is 5. The molecular formula is C28H35N5O. The van der Waals surface area contributed by atoms with Gasteiger partial charge in [-0.15, -0.1) is 0 Å². The van der Waals surface area contributed by atoms with E-state index in [1.165, 1.54) is 32.1 Å². The predicted octanol–water partition coefficient (Wildman–Crippen LogP) is 5.04. The summed E-state index contributed by atoms with van der Waals surface area (Å²) < 4.78 is 0. The maximum absolute atomic E-state index is 11.1. The van der Waals surface area contributed by atoms with Crippen LogP contribution >= 0.6 is 0 Å². The highest BCUT2D eigenvalue weighted by Crippen LogP contribution is 2.44. The van der Waals surface area contributed by atoms with E-state index < -0.39 is 0 Å². The number of nitriles is 1. The number of hydrogen-bond acceptors (Lipinski definition) is 6. The third-order valence-corrected chi connectivity index (χ3v) is 7.32. The van der Waals surface area contributed by atoms with Gasteiger partial charge < -0.3 is 5.32 Å². The first kappa shape index (κ1) is 24.1. The second kappa shape index (κ2) is 10.9. The second-order valence-corrected chi connectivity index (χ2v) is 9.57. The summed E-state index contributed by atoms with van der Waals surface area (Å²) in [5, 5.41) is 19.7. The third kappa shape index (κ3) is 4.76. The second-order valence-electron chi connectivity index (χ2n) is 9.57. The standard InChI is InChI=1S/C24H24N4O.C4H11N/c1-15-12-19(8-6-17(15)13-25)28-24(16-4-2-3-5-16)21-10-11-22-20(23(21)27-28)9-7-18(14-29)26-22;1-3-4-5-2/h6-9,12,14,16,21,24H,2-5,10-11H2,1H3;5H,3-4H2,1-2H3. The minimum absolute atomic E-state index is 0.360. The van der Waals surface area contributed by atoms with Crippen LogP contribution < -0.4 is 10.3 Å². The van der Waals surface area contributed by atoms with Crippen LogP contribution in [0.3, 0.4) is 0 Å². The first-order valence-corrected chi connectivity index (χ1v) is 12.6. The number of hydrogen-bond donors (Lipinski definition) is 1. The minimum atomic E-state index is 0.360. The smallest absolute Gasteiger partial charge is 0.168 e. The van der Waals surface area contributed by atoms with Crippen molar-refractivity contribution < 1.29 is 4.79 Å². The van der Waals surface area contributed by atoms with Gasteiger partial charge in [0.15, 0.2) is 6.29 Å². The van der Waals surface area contributed by atoms with Crippen LogP contribution in [-0.2, 0) is 6.42 Å². The fourth-order valence-electron chi connectivity index (χ4n) is 5.67. The molecule has 2 unspecified atom stereocenters. The average molecular weight is 458 g/mol. The van der Waals surface area contributed by atoms with Crippen LogP contribution in [0.4, 0.5) is 5.69 Å². The molecule has 2 aromatic rings. The lowest BCUT2D eigenvalue weighted by molar-refractivity contribution is 0.111. The summed E-state index contributed by atoms with van der Waals surface area (Å²) in [4.78, 5) is 15.7. The number of nitrogens with one attached hydrogen (secondary N) is 1.